The summed E-state index contributed by atoms with van der Waals surface area (Å²) in [6.07, 6.45) is 1.86. The van der Waals surface area contributed by atoms with Gasteiger partial charge in [0.1, 0.15) is 0 Å². The third kappa shape index (κ3) is 4.70. The second-order valence-corrected chi connectivity index (χ2v) is 10.5. The van der Waals surface area contributed by atoms with Gasteiger partial charge in [0.2, 0.25) is 0 Å². The minimum atomic E-state index is -3.92. The summed E-state index contributed by atoms with van der Waals surface area (Å²) in [6, 6.07) is 12.9. The number of benzene rings is 2. The maximum absolute atomic E-state index is 13.5. The highest BCUT2D eigenvalue weighted by Crippen LogP contribution is 2.35. The Morgan fingerprint density at radius 2 is 1.88 bits per heavy atom. The molecule has 1 aromatic heterocycles. The predicted molar refractivity (Wildman–Crippen MR) is 129 cm³/mol. The van der Waals surface area contributed by atoms with Crippen LogP contribution in [0.15, 0.2) is 59.6 Å². The Labute approximate surface area is 202 Å². The van der Waals surface area contributed by atoms with E-state index in [1.54, 1.807) is 36.4 Å². The molecule has 3 aromatic rings. The fourth-order valence-corrected chi connectivity index (χ4v) is 5.99. The number of aromatic nitrogens is 1. The maximum atomic E-state index is 13.5. The van der Waals surface area contributed by atoms with Crippen LogP contribution in [0, 0.1) is 12.8 Å². The lowest BCUT2D eigenvalue weighted by atomic mass is 9.98. The molecule has 4 rings (SSSR count). The number of sulfonamides is 1. The molecule has 7 nitrogen and oxygen atoms in total. The number of aliphatic hydroxyl groups is 1. The van der Waals surface area contributed by atoms with Crippen molar-refractivity contribution < 1.29 is 18.3 Å². The first-order valence-corrected chi connectivity index (χ1v) is 12.3. The Bertz CT molecular complexity index is 1310. The Hall–Kier alpha value is -2.65. The van der Waals surface area contributed by atoms with Gasteiger partial charge in [0, 0.05) is 19.1 Å². The summed E-state index contributed by atoms with van der Waals surface area (Å²) in [7, 11) is -3.92. The molecule has 0 radical (unpaired) electrons. The molecule has 1 amide bonds. The molecule has 0 fully saturated rings. The standard InChI is InChI=1S/C23H21Cl2N3O4S/c1-14-4-2-5-17(8-14)33(31,32)28-12-15(13-29)9-20-21(28)10-16(11-26-20)27-23(30)22-18(24)6-3-7-19(22)25/h2-8,10-11,15,29H,9,12-13H2,1H3,(H,27,30). The summed E-state index contributed by atoms with van der Waals surface area (Å²) in [5, 5.41) is 12.8. The zero-order chi connectivity index (χ0) is 23.8. The van der Waals surface area contributed by atoms with E-state index in [0.29, 0.717) is 23.5 Å². The Balaban J connectivity index is 1.73. The average molecular weight is 506 g/mol. The van der Waals surface area contributed by atoms with Crippen molar-refractivity contribution >= 4 is 50.5 Å². The van der Waals surface area contributed by atoms with Gasteiger partial charge in [-0.1, -0.05) is 41.4 Å². The molecule has 0 bridgehead atoms. The summed E-state index contributed by atoms with van der Waals surface area (Å²) < 4.78 is 28.2. The number of aliphatic hydroxyl groups excluding tert-OH is 1. The van der Waals surface area contributed by atoms with Crippen LogP contribution in [0.25, 0.3) is 0 Å². The number of fused-ring (bicyclic) bond motifs is 1. The Morgan fingerprint density at radius 1 is 1.18 bits per heavy atom. The van der Waals surface area contributed by atoms with Gasteiger partial charge in [-0.05, 0) is 49.2 Å². The quantitative estimate of drug-likeness (QED) is 0.538. The highest BCUT2D eigenvalue weighted by atomic mass is 35.5. The summed E-state index contributed by atoms with van der Waals surface area (Å²) >= 11 is 12.3. The van der Waals surface area contributed by atoms with Crippen LogP contribution >= 0.6 is 23.2 Å². The van der Waals surface area contributed by atoms with Crippen LogP contribution in [0.5, 0.6) is 0 Å². The van der Waals surface area contributed by atoms with Gasteiger partial charge in [0.05, 0.1) is 43.8 Å². The number of nitrogens with zero attached hydrogens (tertiary/aromatic N) is 2. The van der Waals surface area contributed by atoms with E-state index in [0.717, 1.165) is 5.56 Å². The molecule has 1 atom stereocenters. The molecule has 1 aliphatic heterocycles. The molecule has 1 aliphatic rings. The van der Waals surface area contributed by atoms with Gasteiger partial charge in [-0.25, -0.2) is 8.42 Å². The molecule has 0 saturated carbocycles. The van der Waals surface area contributed by atoms with E-state index in [9.17, 15) is 18.3 Å². The minimum absolute atomic E-state index is 0.0925. The maximum Gasteiger partial charge on any atom is 0.264 e. The van der Waals surface area contributed by atoms with Gasteiger partial charge in [-0.15, -0.1) is 0 Å². The van der Waals surface area contributed by atoms with E-state index in [1.165, 1.54) is 16.6 Å². The number of carbonyl (C=O) groups is 1. The van der Waals surface area contributed by atoms with E-state index in [1.807, 2.05) is 13.0 Å². The molecule has 2 aromatic carbocycles. The van der Waals surface area contributed by atoms with Crippen LogP contribution in [0.3, 0.4) is 0 Å². The van der Waals surface area contributed by atoms with Crippen LogP contribution in [-0.2, 0) is 16.4 Å². The number of anilines is 2. The van der Waals surface area contributed by atoms with Crippen LogP contribution < -0.4 is 9.62 Å². The lowest BCUT2D eigenvalue weighted by Crippen LogP contribution is -2.41. The summed E-state index contributed by atoms with van der Waals surface area (Å²) in [6.45, 7) is 1.73. The number of aryl methyl sites for hydroxylation is 1. The zero-order valence-electron chi connectivity index (χ0n) is 17.6. The molecular weight excluding hydrogens is 485 g/mol. The van der Waals surface area contributed by atoms with Crippen molar-refractivity contribution in [3.63, 3.8) is 0 Å². The van der Waals surface area contributed by atoms with E-state index in [4.69, 9.17) is 23.2 Å². The lowest BCUT2D eigenvalue weighted by Gasteiger charge is -2.34. The minimum Gasteiger partial charge on any atom is -0.396 e. The second-order valence-electron chi connectivity index (χ2n) is 7.85. The molecule has 172 valence electrons. The van der Waals surface area contributed by atoms with Crippen LogP contribution in [0.4, 0.5) is 11.4 Å². The van der Waals surface area contributed by atoms with Crippen molar-refractivity contribution in [2.24, 2.45) is 5.92 Å². The molecule has 2 heterocycles. The first-order chi connectivity index (χ1) is 15.7. The molecule has 33 heavy (non-hydrogen) atoms. The van der Waals surface area contributed by atoms with Crippen molar-refractivity contribution in [2.75, 3.05) is 22.8 Å². The van der Waals surface area contributed by atoms with E-state index in [-0.39, 0.29) is 39.6 Å². The van der Waals surface area contributed by atoms with Crippen molar-refractivity contribution in [2.45, 2.75) is 18.2 Å². The topological polar surface area (TPSA) is 99.6 Å². The monoisotopic (exact) mass is 505 g/mol. The van der Waals surface area contributed by atoms with Gasteiger partial charge in [0.15, 0.2) is 0 Å². The van der Waals surface area contributed by atoms with E-state index < -0.39 is 15.9 Å². The SMILES string of the molecule is Cc1cccc(S(=O)(=O)N2CC(CO)Cc3ncc(NC(=O)c4c(Cl)cccc4Cl)cc32)c1. The van der Waals surface area contributed by atoms with Crippen molar-refractivity contribution in [1.29, 1.82) is 0 Å². The number of amides is 1. The normalized spacial score (nSPS) is 15.8. The van der Waals surface area contributed by atoms with E-state index >= 15 is 0 Å². The van der Waals surface area contributed by atoms with E-state index in [2.05, 4.69) is 10.3 Å². The third-order valence-corrected chi connectivity index (χ3v) is 7.81. The molecule has 1 unspecified atom stereocenters. The van der Waals surface area contributed by atoms with Crippen molar-refractivity contribution in [3.05, 3.63) is 81.6 Å². The van der Waals surface area contributed by atoms with Gasteiger partial charge >= 0.3 is 0 Å². The zero-order valence-corrected chi connectivity index (χ0v) is 20.0. The molecular formula is C23H21Cl2N3O4S. The second kappa shape index (κ2) is 9.30. The number of hydrogen-bond donors (Lipinski definition) is 2. The Kier molecular flexibility index (Phi) is 6.63. The number of rotatable bonds is 5. The van der Waals surface area contributed by atoms with Crippen LogP contribution in [0.2, 0.25) is 10.0 Å². The molecule has 10 heteroatoms. The third-order valence-electron chi connectivity index (χ3n) is 5.41. The number of nitrogens with one attached hydrogen (secondary N) is 1. The first kappa shape index (κ1) is 23.5. The number of halogens is 2. The summed E-state index contributed by atoms with van der Waals surface area (Å²) in [5.74, 6) is -0.837. The van der Waals surface area contributed by atoms with Gasteiger partial charge in [-0.3, -0.25) is 14.1 Å². The van der Waals surface area contributed by atoms with Crippen molar-refractivity contribution in [3.8, 4) is 0 Å². The molecule has 0 saturated heterocycles. The largest absolute Gasteiger partial charge is 0.396 e. The summed E-state index contributed by atoms with van der Waals surface area (Å²) in [5.41, 5.74) is 2.09. The predicted octanol–water partition coefficient (Wildman–Crippen LogP) is 4.31. The van der Waals surface area contributed by atoms with Gasteiger partial charge < -0.3 is 10.4 Å². The number of carbonyl (C=O) groups excluding carboxylic acids is 1. The smallest absolute Gasteiger partial charge is 0.264 e. The molecule has 2 N–H and O–H groups in total. The molecule has 0 aliphatic carbocycles. The van der Waals surface area contributed by atoms with Gasteiger partial charge in [0.25, 0.3) is 15.9 Å². The Morgan fingerprint density at radius 3 is 2.55 bits per heavy atom. The first-order valence-electron chi connectivity index (χ1n) is 10.1. The number of pyridine rings is 1. The highest BCUT2D eigenvalue weighted by molar-refractivity contribution is 7.92. The molecule has 0 spiro atoms. The summed E-state index contributed by atoms with van der Waals surface area (Å²) in [4.78, 5) is 17.3. The highest BCUT2D eigenvalue weighted by Gasteiger charge is 2.34. The average Bonchev–Trinajstić information content (AvgIpc) is 2.78. The lowest BCUT2D eigenvalue weighted by molar-refractivity contribution is 0.102. The fraction of sp³-hybridized carbons (Fsp3) is 0.217. The van der Waals surface area contributed by atoms with Gasteiger partial charge in [-0.2, -0.15) is 0 Å². The van der Waals surface area contributed by atoms with Crippen molar-refractivity contribution in [1.82, 2.24) is 4.98 Å². The fourth-order valence-electron chi connectivity index (χ4n) is 3.76. The van der Waals surface area contributed by atoms with Crippen LogP contribution in [-0.4, -0.2) is 37.6 Å². The van der Waals surface area contributed by atoms with Crippen LogP contribution in [0.1, 0.15) is 21.6 Å². The number of hydrogen-bond acceptors (Lipinski definition) is 5.